The zero-order valence-corrected chi connectivity index (χ0v) is 17.3. The van der Waals surface area contributed by atoms with Crippen LogP contribution in [0.4, 0.5) is 5.69 Å². The first-order valence-electron chi connectivity index (χ1n) is 8.67. The summed E-state index contributed by atoms with van der Waals surface area (Å²) < 4.78 is 5.32. The second-order valence-electron chi connectivity index (χ2n) is 6.36. The van der Waals surface area contributed by atoms with E-state index in [1.807, 2.05) is 5.38 Å². The van der Waals surface area contributed by atoms with Crippen molar-refractivity contribution in [3.05, 3.63) is 50.6 Å². The molecule has 28 heavy (non-hydrogen) atoms. The van der Waals surface area contributed by atoms with Gasteiger partial charge in [0.1, 0.15) is 6.04 Å². The zero-order chi connectivity index (χ0) is 20.3. The number of carbonyl (C=O) groups is 3. The zero-order valence-electron chi connectivity index (χ0n) is 15.0. The van der Waals surface area contributed by atoms with Crippen LogP contribution >= 0.6 is 34.5 Å². The molecule has 0 saturated carbocycles. The molecule has 1 N–H and O–H groups in total. The van der Waals surface area contributed by atoms with Gasteiger partial charge in [0.25, 0.3) is 11.8 Å². The van der Waals surface area contributed by atoms with Crippen molar-refractivity contribution in [2.45, 2.75) is 31.9 Å². The Hall–Kier alpha value is -2.09. The lowest BCUT2D eigenvalue weighted by atomic mass is 10.2. The summed E-state index contributed by atoms with van der Waals surface area (Å²) >= 11 is 13.2. The highest BCUT2D eigenvalue weighted by Crippen LogP contribution is 2.25. The minimum absolute atomic E-state index is 0.194. The van der Waals surface area contributed by atoms with Gasteiger partial charge >= 0.3 is 5.97 Å². The lowest BCUT2D eigenvalue weighted by molar-refractivity contribution is -0.156. The molecule has 1 aliphatic rings. The van der Waals surface area contributed by atoms with Crippen molar-refractivity contribution in [2.75, 3.05) is 11.9 Å². The van der Waals surface area contributed by atoms with E-state index in [9.17, 15) is 14.4 Å². The predicted octanol–water partition coefficient (Wildman–Crippen LogP) is 4.23. The SMILES string of the molecule is C[C@H](OC(=O)[C@H]1CCCN1C(=O)c1cccs1)C(=O)Nc1cc(Cl)cc(Cl)c1. The van der Waals surface area contributed by atoms with Crippen LogP contribution in [-0.4, -0.2) is 41.4 Å². The van der Waals surface area contributed by atoms with Crippen LogP contribution in [0.15, 0.2) is 35.7 Å². The number of likely N-dealkylation sites (tertiary alicyclic amines) is 1. The average molecular weight is 441 g/mol. The summed E-state index contributed by atoms with van der Waals surface area (Å²) in [5, 5.41) is 5.17. The Labute approximate surface area is 176 Å². The van der Waals surface area contributed by atoms with E-state index in [0.29, 0.717) is 40.0 Å². The van der Waals surface area contributed by atoms with Gasteiger partial charge in [-0.3, -0.25) is 9.59 Å². The van der Waals surface area contributed by atoms with Gasteiger partial charge in [-0.1, -0.05) is 29.3 Å². The number of anilines is 1. The maximum Gasteiger partial charge on any atom is 0.329 e. The van der Waals surface area contributed by atoms with Crippen LogP contribution in [-0.2, 0) is 14.3 Å². The number of thiophene rings is 1. The number of benzene rings is 1. The lowest BCUT2D eigenvalue weighted by Crippen LogP contribution is -2.43. The van der Waals surface area contributed by atoms with Gasteiger partial charge in [0.15, 0.2) is 6.10 Å². The second-order valence-corrected chi connectivity index (χ2v) is 8.18. The highest BCUT2D eigenvalue weighted by atomic mass is 35.5. The maximum absolute atomic E-state index is 12.6. The number of halogens is 2. The normalized spacial score (nSPS) is 17.2. The van der Waals surface area contributed by atoms with E-state index < -0.39 is 24.0 Å². The number of hydrogen-bond donors (Lipinski definition) is 1. The van der Waals surface area contributed by atoms with Crippen LogP contribution in [0.2, 0.25) is 10.0 Å². The second kappa shape index (κ2) is 8.94. The van der Waals surface area contributed by atoms with Crippen LogP contribution in [0.3, 0.4) is 0 Å². The Kier molecular flexibility index (Phi) is 6.59. The molecule has 2 aromatic rings. The molecule has 1 fully saturated rings. The summed E-state index contributed by atoms with van der Waals surface area (Å²) in [5.41, 5.74) is 0.403. The first kappa shape index (κ1) is 20.6. The van der Waals surface area contributed by atoms with E-state index >= 15 is 0 Å². The fraction of sp³-hybridized carbons (Fsp3) is 0.316. The average Bonchev–Trinajstić information content (AvgIpc) is 3.32. The molecule has 1 aromatic carbocycles. The van der Waals surface area contributed by atoms with E-state index in [-0.39, 0.29) is 5.91 Å². The predicted molar refractivity (Wildman–Crippen MR) is 109 cm³/mol. The summed E-state index contributed by atoms with van der Waals surface area (Å²) in [6.45, 7) is 1.96. The summed E-state index contributed by atoms with van der Waals surface area (Å²) in [5.74, 6) is -1.30. The Morgan fingerprint density at radius 3 is 2.61 bits per heavy atom. The van der Waals surface area contributed by atoms with Crippen LogP contribution in [0, 0.1) is 0 Å². The number of hydrogen-bond acceptors (Lipinski definition) is 5. The van der Waals surface area contributed by atoms with E-state index in [1.54, 1.807) is 18.2 Å². The topological polar surface area (TPSA) is 75.7 Å². The van der Waals surface area contributed by atoms with E-state index in [4.69, 9.17) is 27.9 Å². The molecule has 0 radical (unpaired) electrons. The number of ether oxygens (including phenoxy) is 1. The van der Waals surface area contributed by atoms with Gasteiger partial charge < -0.3 is 15.0 Å². The lowest BCUT2D eigenvalue weighted by Gasteiger charge is -2.24. The number of nitrogens with zero attached hydrogens (tertiary/aromatic N) is 1. The molecule has 0 bridgehead atoms. The molecule has 0 unspecified atom stereocenters. The molecule has 2 heterocycles. The third kappa shape index (κ3) is 4.84. The Morgan fingerprint density at radius 1 is 1.25 bits per heavy atom. The van der Waals surface area contributed by atoms with Crippen molar-refractivity contribution in [3.63, 3.8) is 0 Å². The molecule has 148 valence electrons. The van der Waals surface area contributed by atoms with Crippen molar-refractivity contribution in [2.24, 2.45) is 0 Å². The molecule has 0 spiro atoms. The van der Waals surface area contributed by atoms with Gasteiger partial charge in [-0.2, -0.15) is 0 Å². The van der Waals surface area contributed by atoms with Gasteiger partial charge in [-0.05, 0) is 49.4 Å². The van der Waals surface area contributed by atoms with Crippen molar-refractivity contribution < 1.29 is 19.1 Å². The first-order valence-corrected chi connectivity index (χ1v) is 10.3. The molecule has 1 saturated heterocycles. The van der Waals surface area contributed by atoms with Gasteiger partial charge in [0.05, 0.1) is 4.88 Å². The molecule has 6 nitrogen and oxygen atoms in total. The quantitative estimate of drug-likeness (QED) is 0.705. The van der Waals surface area contributed by atoms with Crippen molar-refractivity contribution in [1.82, 2.24) is 4.90 Å². The standard InChI is InChI=1S/C19H18Cl2N2O4S/c1-11(17(24)22-14-9-12(20)8-13(21)10-14)27-19(26)15-4-2-6-23(15)18(25)16-5-3-7-28-16/h3,5,7-11,15H,2,4,6H2,1H3,(H,22,24)/t11-,15+/m0/s1. The monoisotopic (exact) mass is 440 g/mol. The molecule has 1 aromatic heterocycles. The molecule has 9 heteroatoms. The van der Waals surface area contributed by atoms with Crippen LogP contribution < -0.4 is 5.32 Å². The third-order valence-electron chi connectivity index (χ3n) is 4.31. The summed E-state index contributed by atoms with van der Waals surface area (Å²) in [7, 11) is 0. The van der Waals surface area contributed by atoms with Gasteiger partial charge in [0.2, 0.25) is 0 Å². The fourth-order valence-electron chi connectivity index (χ4n) is 2.97. The Morgan fingerprint density at radius 2 is 1.96 bits per heavy atom. The summed E-state index contributed by atoms with van der Waals surface area (Å²) in [4.78, 5) is 39.6. The molecular formula is C19H18Cl2N2O4S. The largest absolute Gasteiger partial charge is 0.451 e. The molecular weight excluding hydrogens is 423 g/mol. The fourth-order valence-corrected chi connectivity index (χ4v) is 4.18. The van der Waals surface area contributed by atoms with Gasteiger partial charge in [0, 0.05) is 22.3 Å². The molecule has 0 aliphatic carbocycles. The van der Waals surface area contributed by atoms with Crippen molar-refractivity contribution in [3.8, 4) is 0 Å². The van der Waals surface area contributed by atoms with Gasteiger partial charge in [-0.25, -0.2) is 4.79 Å². The van der Waals surface area contributed by atoms with E-state index in [2.05, 4.69) is 5.32 Å². The highest BCUT2D eigenvalue weighted by molar-refractivity contribution is 7.12. The summed E-state index contributed by atoms with van der Waals surface area (Å²) in [6, 6.07) is 7.44. The van der Waals surface area contributed by atoms with Crippen LogP contribution in [0.1, 0.15) is 29.4 Å². The molecule has 1 aliphatic heterocycles. The maximum atomic E-state index is 12.6. The number of rotatable bonds is 5. The molecule has 2 atom stereocenters. The Balaban J connectivity index is 1.61. The van der Waals surface area contributed by atoms with Gasteiger partial charge in [-0.15, -0.1) is 11.3 Å². The third-order valence-corrected chi connectivity index (χ3v) is 5.60. The summed E-state index contributed by atoms with van der Waals surface area (Å²) in [6.07, 6.45) is 0.177. The minimum atomic E-state index is -1.04. The molecule has 3 rings (SSSR count). The van der Waals surface area contributed by atoms with Crippen molar-refractivity contribution >= 4 is 58.0 Å². The Bertz CT molecular complexity index is 868. The minimum Gasteiger partial charge on any atom is -0.451 e. The van der Waals surface area contributed by atoms with E-state index in [1.165, 1.54) is 35.3 Å². The number of esters is 1. The van der Waals surface area contributed by atoms with Crippen molar-refractivity contribution in [1.29, 1.82) is 0 Å². The van der Waals surface area contributed by atoms with Crippen LogP contribution in [0.5, 0.6) is 0 Å². The number of carbonyl (C=O) groups excluding carboxylic acids is 3. The number of amides is 2. The highest BCUT2D eigenvalue weighted by Gasteiger charge is 2.37. The van der Waals surface area contributed by atoms with Crippen LogP contribution in [0.25, 0.3) is 0 Å². The van der Waals surface area contributed by atoms with E-state index in [0.717, 1.165) is 0 Å². The first-order chi connectivity index (χ1) is 13.3. The molecule has 2 amide bonds. The smallest absolute Gasteiger partial charge is 0.329 e. The number of nitrogens with one attached hydrogen (secondary N) is 1.